The van der Waals surface area contributed by atoms with Gasteiger partial charge in [-0.05, 0) is 48.0 Å². The molecule has 7 nitrogen and oxygen atoms in total. The van der Waals surface area contributed by atoms with Crippen LogP contribution >= 0.6 is 0 Å². The molecule has 0 bridgehead atoms. The molecular weight excluding hydrogens is 276 g/mol. The molecule has 0 heterocycles. The van der Waals surface area contributed by atoms with Crippen molar-refractivity contribution in [3.63, 3.8) is 0 Å². The van der Waals surface area contributed by atoms with Gasteiger partial charge in [0.15, 0.2) is 0 Å². The van der Waals surface area contributed by atoms with Crippen LogP contribution in [0.15, 0.2) is 4.99 Å². The zero-order chi connectivity index (χ0) is 16.7. The Balaban J connectivity index is 4.79. The van der Waals surface area contributed by atoms with Crippen LogP contribution in [0.2, 0.25) is 0 Å². The lowest BCUT2D eigenvalue weighted by Crippen LogP contribution is -2.37. The smallest absolute Gasteiger partial charge is 0.435 e. The number of nitrogens with one attached hydrogen (secondary N) is 1. The topological polar surface area (TPSA) is 97.2 Å². The highest BCUT2D eigenvalue weighted by Gasteiger charge is 2.19. The van der Waals surface area contributed by atoms with Crippen molar-refractivity contribution in [2.75, 3.05) is 6.61 Å². The Labute approximate surface area is 125 Å². The second-order valence-electron chi connectivity index (χ2n) is 6.49. The van der Waals surface area contributed by atoms with Gasteiger partial charge in [-0.1, -0.05) is 0 Å². The molecule has 2 N–H and O–H groups in total. The van der Waals surface area contributed by atoms with Crippen LogP contribution in [0.4, 0.5) is 9.59 Å². The minimum atomic E-state index is -0.800. The molecular formula is C14H26N2O5. The quantitative estimate of drug-likeness (QED) is 0.617. The number of aliphatic hydroxyl groups excluding tert-OH is 1. The Morgan fingerprint density at radius 1 is 1.05 bits per heavy atom. The van der Waals surface area contributed by atoms with Crippen LogP contribution in [-0.4, -0.2) is 40.9 Å². The van der Waals surface area contributed by atoms with E-state index < -0.39 is 23.4 Å². The van der Waals surface area contributed by atoms with Gasteiger partial charge in [-0.2, -0.15) is 4.99 Å². The number of hydrogen-bond acceptors (Lipinski definition) is 5. The number of amidine groups is 1. The summed E-state index contributed by atoms with van der Waals surface area (Å²) in [6.45, 7) is 10.3. The number of carbonyl (C=O) groups excluding carboxylic acids is 2. The van der Waals surface area contributed by atoms with Gasteiger partial charge in [0, 0.05) is 13.0 Å². The van der Waals surface area contributed by atoms with Crippen molar-refractivity contribution in [2.45, 2.75) is 65.6 Å². The summed E-state index contributed by atoms with van der Waals surface area (Å²) in [6.07, 6.45) is -0.916. The number of nitrogens with zero attached hydrogens (tertiary/aromatic N) is 1. The Morgan fingerprint density at radius 3 is 2.00 bits per heavy atom. The summed E-state index contributed by atoms with van der Waals surface area (Å²) >= 11 is 0. The first-order valence-electron chi connectivity index (χ1n) is 6.84. The molecule has 0 aromatic rings. The van der Waals surface area contributed by atoms with Crippen molar-refractivity contribution in [1.29, 1.82) is 0 Å². The van der Waals surface area contributed by atoms with E-state index in [1.165, 1.54) is 0 Å². The largest absolute Gasteiger partial charge is 0.444 e. The van der Waals surface area contributed by atoms with Crippen molar-refractivity contribution in [3.05, 3.63) is 0 Å². The first kappa shape index (κ1) is 19.4. The second-order valence-corrected chi connectivity index (χ2v) is 6.49. The summed E-state index contributed by atoms with van der Waals surface area (Å²) in [4.78, 5) is 27.0. The summed E-state index contributed by atoms with van der Waals surface area (Å²) in [5.41, 5.74) is -1.33. The Hall–Kier alpha value is -1.63. The van der Waals surface area contributed by atoms with E-state index in [4.69, 9.17) is 14.6 Å². The number of aliphatic hydroxyl groups is 1. The molecule has 0 spiro atoms. The van der Waals surface area contributed by atoms with Gasteiger partial charge in [-0.25, -0.2) is 9.59 Å². The van der Waals surface area contributed by atoms with E-state index in [1.807, 2.05) is 0 Å². The molecule has 0 aliphatic carbocycles. The van der Waals surface area contributed by atoms with Crippen LogP contribution < -0.4 is 5.32 Å². The number of hydrogen-bond donors (Lipinski definition) is 2. The average molecular weight is 302 g/mol. The molecule has 0 aliphatic rings. The van der Waals surface area contributed by atoms with Crippen LogP contribution in [0.3, 0.4) is 0 Å². The maximum absolute atomic E-state index is 11.7. The van der Waals surface area contributed by atoms with Crippen LogP contribution in [0.1, 0.15) is 54.4 Å². The van der Waals surface area contributed by atoms with Gasteiger partial charge in [0.25, 0.3) is 0 Å². The predicted molar refractivity (Wildman–Crippen MR) is 79.4 cm³/mol. The third-order valence-electron chi connectivity index (χ3n) is 1.84. The highest BCUT2D eigenvalue weighted by molar-refractivity contribution is 6.00. The average Bonchev–Trinajstić information content (AvgIpc) is 2.20. The number of amides is 2. The molecule has 2 amide bonds. The van der Waals surface area contributed by atoms with Crippen molar-refractivity contribution in [1.82, 2.24) is 5.32 Å². The minimum Gasteiger partial charge on any atom is -0.444 e. The third-order valence-corrected chi connectivity index (χ3v) is 1.84. The molecule has 0 radical (unpaired) electrons. The van der Waals surface area contributed by atoms with E-state index >= 15 is 0 Å². The predicted octanol–water partition coefficient (Wildman–Crippen LogP) is 2.62. The van der Waals surface area contributed by atoms with Crippen molar-refractivity contribution in [3.8, 4) is 0 Å². The molecule has 122 valence electrons. The first-order valence-corrected chi connectivity index (χ1v) is 6.84. The Kier molecular flexibility index (Phi) is 7.35. The molecule has 0 atom stereocenters. The van der Waals surface area contributed by atoms with Gasteiger partial charge < -0.3 is 14.6 Å². The van der Waals surface area contributed by atoms with Crippen LogP contribution in [0.5, 0.6) is 0 Å². The fourth-order valence-electron chi connectivity index (χ4n) is 1.21. The normalized spacial score (nSPS) is 12.8. The van der Waals surface area contributed by atoms with Crippen molar-refractivity contribution in [2.24, 2.45) is 4.99 Å². The standard InChI is InChI=1S/C14H26N2O5/c1-13(2,3)20-11(18)15-10(8-7-9-17)16-12(19)21-14(4,5)6/h17H,7-9H2,1-6H3,(H,15,16,18,19). The number of aliphatic imine (C=N–C) groups is 1. The van der Waals surface area contributed by atoms with Crippen molar-refractivity contribution >= 4 is 18.0 Å². The molecule has 0 unspecified atom stereocenters. The zero-order valence-electron chi connectivity index (χ0n) is 13.6. The fourth-order valence-corrected chi connectivity index (χ4v) is 1.21. The lowest BCUT2D eigenvalue weighted by atomic mass is 10.2. The maximum Gasteiger partial charge on any atom is 0.435 e. The molecule has 0 fully saturated rings. The molecule has 0 rings (SSSR count). The number of ether oxygens (including phenoxy) is 2. The second kappa shape index (κ2) is 7.97. The lowest BCUT2D eigenvalue weighted by molar-refractivity contribution is 0.0561. The summed E-state index contributed by atoms with van der Waals surface area (Å²) in [6, 6.07) is 0. The number of rotatable bonds is 3. The molecule has 21 heavy (non-hydrogen) atoms. The van der Waals surface area contributed by atoms with Crippen LogP contribution in [0.25, 0.3) is 0 Å². The monoisotopic (exact) mass is 302 g/mol. The summed E-state index contributed by atoms with van der Waals surface area (Å²) in [5.74, 6) is 0.104. The van der Waals surface area contributed by atoms with Gasteiger partial charge in [0.1, 0.15) is 17.0 Å². The molecule has 0 saturated carbocycles. The fraction of sp³-hybridized carbons (Fsp3) is 0.786. The summed E-state index contributed by atoms with van der Waals surface area (Å²) in [5, 5.41) is 11.2. The van der Waals surface area contributed by atoms with Gasteiger partial charge in [-0.3, -0.25) is 5.32 Å². The Bertz CT molecular complexity index is 391. The van der Waals surface area contributed by atoms with E-state index in [2.05, 4.69) is 10.3 Å². The molecule has 0 aliphatic heterocycles. The number of carbonyl (C=O) groups is 2. The lowest BCUT2D eigenvalue weighted by Gasteiger charge is -2.20. The molecule has 0 aromatic heterocycles. The van der Waals surface area contributed by atoms with Gasteiger partial charge in [-0.15, -0.1) is 0 Å². The van der Waals surface area contributed by atoms with Gasteiger partial charge >= 0.3 is 12.2 Å². The van der Waals surface area contributed by atoms with Gasteiger partial charge in [0.05, 0.1) is 0 Å². The van der Waals surface area contributed by atoms with E-state index in [9.17, 15) is 9.59 Å². The molecule has 0 aromatic carbocycles. The van der Waals surface area contributed by atoms with E-state index in [0.717, 1.165) is 0 Å². The van der Waals surface area contributed by atoms with E-state index in [-0.39, 0.29) is 18.9 Å². The maximum atomic E-state index is 11.7. The van der Waals surface area contributed by atoms with Crippen molar-refractivity contribution < 1.29 is 24.2 Å². The molecule has 7 heteroatoms. The minimum absolute atomic E-state index is 0.0800. The number of alkyl carbamates (subject to hydrolysis) is 1. The van der Waals surface area contributed by atoms with Crippen LogP contribution in [0, 0.1) is 0 Å². The first-order chi connectivity index (χ1) is 9.43. The third kappa shape index (κ3) is 11.9. The zero-order valence-corrected chi connectivity index (χ0v) is 13.6. The molecule has 0 saturated heterocycles. The van der Waals surface area contributed by atoms with Crippen LogP contribution in [-0.2, 0) is 9.47 Å². The summed E-state index contributed by atoms with van der Waals surface area (Å²) in [7, 11) is 0. The van der Waals surface area contributed by atoms with E-state index in [1.54, 1.807) is 41.5 Å². The highest BCUT2D eigenvalue weighted by Crippen LogP contribution is 2.09. The van der Waals surface area contributed by atoms with Gasteiger partial charge in [0.2, 0.25) is 0 Å². The Morgan fingerprint density at radius 2 is 1.57 bits per heavy atom. The SMILES string of the molecule is CC(C)(C)OC(=O)N=C(CCCO)NC(=O)OC(C)(C)C. The van der Waals surface area contributed by atoms with E-state index in [0.29, 0.717) is 6.42 Å². The summed E-state index contributed by atoms with van der Waals surface area (Å²) < 4.78 is 10.1. The highest BCUT2D eigenvalue weighted by atomic mass is 16.6.